The molecule has 0 N–H and O–H groups in total. The summed E-state index contributed by atoms with van der Waals surface area (Å²) < 4.78 is 0. The molecule has 228 valence electrons. The zero-order chi connectivity index (χ0) is 32.3. The van der Waals surface area contributed by atoms with Crippen molar-refractivity contribution >= 4 is 81.7 Å². The molecule has 10 aromatic rings. The van der Waals surface area contributed by atoms with E-state index in [2.05, 4.69) is 193 Å². The Hall–Kier alpha value is -6.44. The van der Waals surface area contributed by atoms with E-state index in [0.717, 1.165) is 11.4 Å². The molecule has 0 unspecified atom stereocenters. The lowest BCUT2D eigenvalue weighted by Gasteiger charge is -2.28. The second-order valence-electron chi connectivity index (χ2n) is 13.0. The first-order chi connectivity index (χ1) is 24.3. The summed E-state index contributed by atoms with van der Waals surface area (Å²) in [5.41, 5.74) is 5.89. The van der Waals surface area contributed by atoms with Gasteiger partial charge in [0.1, 0.15) is 0 Å². The number of hydrogen-bond donors (Lipinski definition) is 0. The Morgan fingerprint density at radius 2 is 0.796 bits per heavy atom. The predicted molar refractivity (Wildman–Crippen MR) is 212 cm³/mol. The first kappa shape index (κ1) is 27.7. The van der Waals surface area contributed by atoms with E-state index >= 15 is 0 Å². The molecule has 0 saturated carbocycles. The second kappa shape index (κ2) is 11.1. The van der Waals surface area contributed by atoms with Gasteiger partial charge in [-0.25, -0.2) is 0 Å². The fourth-order valence-corrected chi connectivity index (χ4v) is 7.78. The lowest BCUT2D eigenvalue weighted by molar-refractivity contribution is 1.31. The molecular formula is C48H31N. The van der Waals surface area contributed by atoms with E-state index in [1.165, 1.54) is 81.4 Å². The number of benzene rings is 10. The fraction of sp³-hybridized carbons (Fsp3) is 0. The van der Waals surface area contributed by atoms with Crippen LogP contribution in [0, 0.1) is 0 Å². The second-order valence-corrected chi connectivity index (χ2v) is 13.0. The van der Waals surface area contributed by atoms with Crippen LogP contribution in [0.1, 0.15) is 0 Å². The number of hydrogen-bond acceptors (Lipinski definition) is 1. The van der Waals surface area contributed by atoms with Crippen molar-refractivity contribution in [1.29, 1.82) is 0 Å². The van der Waals surface area contributed by atoms with Gasteiger partial charge in [-0.3, -0.25) is 0 Å². The van der Waals surface area contributed by atoms with Crippen LogP contribution in [0.15, 0.2) is 188 Å². The molecule has 0 heterocycles. The van der Waals surface area contributed by atoms with Gasteiger partial charge in [0, 0.05) is 22.1 Å². The summed E-state index contributed by atoms with van der Waals surface area (Å²) in [6, 6.07) is 69.0. The van der Waals surface area contributed by atoms with Crippen molar-refractivity contribution < 1.29 is 0 Å². The van der Waals surface area contributed by atoms with E-state index in [4.69, 9.17) is 0 Å². The quantitative estimate of drug-likeness (QED) is 0.177. The number of fused-ring (bicyclic) bond motifs is 9. The third-order valence-corrected chi connectivity index (χ3v) is 10.1. The molecular weight excluding hydrogens is 591 g/mol. The molecule has 0 bridgehead atoms. The summed E-state index contributed by atoms with van der Waals surface area (Å²) in [6.07, 6.45) is 0. The van der Waals surface area contributed by atoms with Crippen molar-refractivity contribution in [2.24, 2.45) is 0 Å². The molecule has 0 spiro atoms. The van der Waals surface area contributed by atoms with E-state index in [0.29, 0.717) is 0 Å². The van der Waals surface area contributed by atoms with Crippen LogP contribution in [-0.2, 0) is 0 Å². The van der Waals surface area contributed by atoms with Crippen molar-refractivity contribution in [1.82, 2.24) is 0 Å². The van der Waals surface area contributed by atoms with Gasteiger partial charge in [-0.2, -0.15) is 0 Å². The maximum absolute atomic E-state index is 2.46. The molecule has 49 heavy (non-hydrogen) atoms. The highest BCUT2D eigenvalue weighted by Crippen LogP contribution is 2.46. The van der Waals surface area contributed by atoms with Crippen LogP contribution in [0.2, 0.25) is 0 Å². The van der Waals surface area contributed by atoms with Crippen LogP contribution >= 0.6 is 0 Å². The van der Waals surface area contributed by atoms with Gasteiger partial charge >= 0.3 is 0 Å². The summed E-state index contributed by atoms with van der Waals surface area (Å²) in [5.74, 6) is 0. The molecule has 0 aliphatic rings. The summed E-state index contributed by atoms with van der Waals surface area (Å²) in [7, 11) is 0. The molecule has 0 saturated heterocycles. The van der Waals surface area contributed by atoms with Gasteiger partial charge in [0.05, 0.1) is 5.69 Å². The Labute approximate surface area is 284 Å². The van der Waals surface area contributed by atoms with Gasteiger partial charge in [0.25, 0.3) is 0 Å². The smallest absolute Gasteiger partial charge is 0.0546 e. The Kier molecular flexibility index (Phi) is 6.25. The van der Waals surface area contributed by atoms with Crippen LogP contribution in [0.4, 0.5) is 17.1 Å². The van der Waals surface area contributed by atoms with E-state index in [-0.39, 0.29) is 0 Å². The lowest BCUT2D eigenvalue weighted by atomic mass is 9.91. The number of rotatable bonds is 4. The van der Waals surface area contributed by atoms with Crippen molar-refractivity contribution in [3.05, 3.63) is 188 Å². The van der Waals surface area contributed by atoms with E-state index in [1.54, 1.807) is 0 Å². The van der Waals surface area contributed by atoms with Crippen LogP contribution in [0.5, 0.6) is 0 Å². The lowest BCUT2D eigenvalue weighted by Crippen LogP contribution is -2.11. The Morgan fingerprint density at radius 3 is 1.59 bits per heavy atom. The SMILES string of the molecule is c1ccc(-c2ccc3cc(N(c4ccc5ccccc5c4)c4cc5ccccc5c5c4ccc4ccc6ccccc6c45)ccc3c2)cc1. The van der Waals surface area contributed by atoms with Gasteiger partial charge in [-0.15, -0.1) is 0 Å². The molecule has 0 atom stereocenters. The van der Waals surface area contributed by atoms with Gasteiger partial charge in [0.2, 0.25) is 0 Å². The van der Waals surface area contributed by atoms with Crippen LogP contribution in [0.3, 0.4) is 0 Å². The van der Waals surface area contributed by atoms with Gasteiger partial charge in [0.15, 0.2) is 0 Å². The molecule has 0 aliphatic heterocycles. The minimum absolute atomic E-state index is 1.13. The third kappa shape index (κ3) is 4.55. The van der Waals surface area contributed by atoms with Crippen molar-refractivity contribution in [3.63, 3.8) is 0 Å². The third-order valence-electron chi connectivity index (χ3n) is 10.1. The molecule has 10 aromatic carbocycles. The van der Waals surface area contributed by atoms with Crippen LogP contribution in [-0.4, -0.2) is 0 Å². The van der Waals surface area contributed by atoms with E-state index in [1.807, 2.05) is 0 Å². The largest absolute Gasteiger partial charge is 0.310 e. The number of anilines is 3. The highest BCUT2D eigenvalue weighted by Gasteiger charge is 2.20. The maximum atomic E-state index is 2.46. The molecule has 0 amide bonds. The fourth-order valence-electron chi connectivity index (χ4n) is 7.78. The molecule has 1 nitrogen and oxygen atoms in total. The first-order valence-corrected chi connectivity index (χ1v) is 16.9. The zero-order valence-electron chi connectivity index (χ0n) is 26.8. The van der Waals surface area contributed by atoms with Crippen molar-refractivity contribution in [3.8, 4) is 11.1 Å². The van der Waals surface area contributed by atoms with Gasteiger partial charge < -0.3 is 4.90 Å². The molecule has 10 rings (SSSR count). The Balaban J connectivity index is 1.28. The van der Waals surface area contributed by atoms with Crippen molar-refractivity contribution in [2.45, 2.75) is 0 Å². The maximum Gasteiger partial charge on any atom is 0.0546 e. The average Bonchev–Trinajstić information content (AvgIpc) is 3.17. The standard InChI is InChI=1S/C48H31N/c1-2-10-32(11-3-1)37-20-21-39-30-42(26-23-38(39)28-37)49(41-25-22-33-12-4-5-14-36(33)29-41)46-31-40-15-7-9-17-44(40)48-45(46)27-24-35-19-18-34-13-6-8-16-43(34)47(35)48/h1-31H. The average molecular weight is 622 g/mol. The topological polar surface area (TPSA) is 3.24 Å². The van der Waals surface area contributed by atoms with Crippen LogP contribution < -0.4 is 4.90 Å². The minimum atomic E-state index is 1.13. The summed E-state index contributed by atoms with van der Waals surface area (Å²) in [4.78, 5) is 2.46. The monoisotopic (exact) mass is 621 g/mol. The molecule has 0 radical (unpaired) electrons. The zero-order valence-corrected chi connectivity index (χ0v) is 26.8. The predicted octanol–water partition coefficient (Wildman–Crippen LogP) is 13.7. The van der Waals surface area contributed by atoms with E-state index < -0.39 is 0 Å². The molecule has 0 fully saturated rings. The summed E-state index contributed by atoms with van der Waals surface area (Å²) in [5, 5.41) is 15.0. The highest BCUT2D eigenvalue weighted by molar-refractivity contribution is 6.30. The number of nitrogens with zero attached hydrogens (tertiary/aromatic N) is 1. The summed E-state index contributed by atoms with van der Waals surface area (Å²) in [6.45, 7) is 0. The summed E-state index contributed by atoms with van der Waals surface area (Å²) >= 11 is 0. The van der Waals surface area contributed by atoms with Crippen molar-refractivity contribution in [2.75, 3.05) is 4.90 Å². The van der Waals surface area contributed by atoms with Gasteiger partial charge in [-0.1, -0.05) is 152 Å². The normalized spacial score (nSPS) is 11.7. The Bertz CT molecular complexity index is 2890. The highest BCUT2D eigenvalue weighted by atomic mass is 15.1. The Morgan fingerprint density at radius 1 is 0.265 bits per heavy atom. The van der Waals surface area contributed by atoms with E-state index in [9.17, 15) is 0 Å². The molecule has 1 heteroatoms. The van der Waals surface area contributed by atoms with Gasteiger partial charge in [-0.05, 0) is 101 Å². The van der Waals surface area contributed by atoms with Crippen LogP contribution in [0.25, 0.3) is 75.8 Å². The molecule has 0 aromatic heterocycles. The molecule has 0 aliphatic carbocycles. The minimum Gasteiger partial charge on any atom is -0.310 e. The first-order valence-electron chi connectivity index (χ1n) is 16.9.